The second-order valence-corrected chi connectivity index (χ2v) is 5.89. The summed E-state index contributed by atoms with van der Waals surface area (Å²) in [6.45, 7) is 8.41. The molecule has 1 aromatic carbocycles. The van der Waals surface area contributed by atoms with Crippen LogP contribution < -0.4 is 4.90 Å². The highest BCUT2D eigenvalue weighted by molar-refractivity contribution is 5.94. The standard InChI is InChI=1S/C16H23NO2/c1-11(2)13-6-8-17(9-7-13)15-5-4-12(3)10-14(15)16(18)19/h4-5,10-11,13H,6-9H2,1-3H3,(H,18,19). The van der Waals surface area contributed by atoms with Crippen LogP contribution in [0.15, 0.2) is 18.2 Å². The fourth-order valence-corrected chi connectivity index (χ4v) is 2.90. The molecule has 0 amide bonds. The van der Waals surface area contributed by atoms with Gasteiger partial charge in [0.2, 0.25) is 0 Å². The molecule has 104 valence electrons. The number of benzene rings is 1. The Morgan fingerprint density at radius 1 is 1.32 bits per heavy atom. The molecule has 0 radical (unpaired) electrons. The van der Waals surface area contributed by atoms with Crippen molar-refractivity contribution in [2.45, 2.75) is 33.6 Å². The van der Waals surface area contributed by atoms with Crippen LogP contribution in [0.5, 0.6) is 0 Å². The van der Waals surface area contributed by atoms with Crippen molar-refractivity contribution in [2.75, 3.05) is 18.0 Å². The molecule has 0 saturated carbocycles. The summed E-state index contributed by atoms with van der Waals surface area (Å²) in [5.74, 6) is 0.666. The van der Waals surface area contributed by atoms with Crippen LogP contribution in [0.2, 0.25) is 0 Å². The molecular formula is C16H23NO2. The van der Waals surface area contributed by atoms with Crippen LogP contribution in [0.1, 0.15) is 42.6 Å². The molecule has 1 fully saturated rings. The molecule has 19 heavy (non-hydrogen) atoms. The third-order valence-corrected chi connectivity index (χ3v) is 4.21. The maximum absolute atomic E-state index is 11.4. The van der Waals surface area contributed by atoms with Gasteiger partial charge in [-0.15, -0.1) is 0 Å². The van der Waals surface area contributed by atoms with E-state index < -0.39 is 5.97 Å². The topological polar surface area (TPSA) is 40.5 Å². The van der Waals surface area contributed by atoms with E-state index in [1.54, 1.807) is 6.07 Å². The molecule has 1 N–H and O–H groups in total. The molecule has 1 aromatic rings. The third kappa shape index (κ3) is 3.09. The second-order valence-electron chi connectivity index (χ2n) is 5.89. The molecule has 0 unspecified atom stereocenters. The molecule has 3 heteroatoms. The highest BCUT2D eigenvalue weighted by atomic mass is 16.4. The van der Waals surface area contributed by atoms with Gasteiger partial charge < -0.3 is 10.0 Å². The Hall–Kier alpha value is -1.51. The Morgan fingerprint density at radius 3 is 2.47 bits per heavy atom. The lowest BCUT2D eigenvalue weighted by Gasteiger charge is -2.36. The number of rotatable bonds is 3. The van der Waals surface area contributed by atoms with Crippen LogP contribution in [-0.4, -0.2) is 24.2 Å². The number of carboxylic acids is 1. The fraction of sp³-hybridized carbons (Fsp3) is 0.562. The molecule has 0 spiro atoms. The maximum atomic E-state index is 11.4. The summed E-state index contributed by atoms with van der Waals surface area (Å²) in [7, 11) is 0. The van der Waals surface area contributed by atoms with Gasteiger partial charge in [-0.25, -0.2) is 4.79 Å². The van der Waals surface area contributed by atoms with Gasteiger partial charge in [0.05, 0.1) is 11.3 Å². The van der Waals surface area contributed by atoms with Gasteiger partial charge in [-0.2, -0.15) is 0 Å². The van der Waals surface area contributed by atoms with Gasteiger partial charge in [-0.3, -0.25) is 0 Å². The van der Waals surface area contributed by atoms with Crippen LogP contribution in [0.3, 0.4) is 0 Å². The Morgan fingerprint density at radius 2 is 1.95 bits per heavy atom. The third-order valence-electron chi connectivity index (χ3n) is 4.21. The predicted molar refractivity (Wildman–Crippen MR) is 77.9 cm³/mol. The van der Waals surface area contributed by atoms with Gasteiger partial charge in [0, 0.05) is 13.1 Å². The maximum Gasteiger partial charge on any atom is 0.337 e. The molecule has 1 saturated heterocycles. The van der Waals surface area contributed by atoms with E-state index in [1.807, 2.05) is 19.1 Å². The zero-order valence-electron chi connectivity index (χ0n) is 12.0. The summed E-state index contributed by atoms with van der Waals surface area (Å²) in [5, 5.41) is 9.33. The number of aromatic carboxylic acids is 1. The number of carbonyl (C=O) groups is 1. The Labute approximate surface area is 115 Å². The molecule has 0 aliphatic carbocycles. The van der Waals surface area contributed by atoms with Crippen LogP contribution in [-0.2, 0) is 0 Å². The highest BCUT2D eigenvalue weighted by Crippen LogP contribution is 2.30. The van der Waals surface area contributed by atoms with E-state index >= 15 is 0 Å². The largest absolute Gasteiger partial charge is 0.478 e. The van der Waals surface area contributed by atoms with Gasteiger partial charge in [0.15, 0.2) is 0 Å². The molecule has 1 heterocycles. The number of hydrogen-bond acceptors (Lipinski definition) is 2. The van der Waals surface area contributed by atoms with Crippen molar-refractivity contribution in [1.29, 1.82) is 0 Å². The molecule has 3 nitrogen and oxygen atoms in total. The Bertz CT molecular complexity index is 460. The van der Waals surface area contributed by atoms with Crippen molar-refractivity contribution >= 4 is 11.7 Å². The van der Waals surface area contributed by atoms with Crippen molar-refractivity contribution in [3.63, 3.8) is 0 Å². The lowest BCUT2D eigenvalue weighted by molar-refractivity contribution is 0.0697. The normalized spacial score (nSPS) is 16.9. The molecule has 1 aliphatic heterocycles. The second kappa shape index (κ2) is 5.64. The molecule has 2 rings (SSSR count). The number of anilines is 1. The number of nitrogens with zero attached hydrogens (tertiary/aromatic N) is 1. The van der Waals surface area contributed by atoms with Crippen LogP contribution in [0.25, 0.3) is 0 Å². The lowest BCUT2D eigenvalue weighted by atomic mass is 9.86. The minimum absolute atomic E-state index is 0.433. The van der Waals surface area contributed by atoms with E-state index in [0.29, 0.717) is 5.56 Å². The van der Waals surface area contributed by atoms with Gasteiger partial charge in [0.25, 0.3) is 0 Å². The molecule has 1 aliphatic rings. The van der Waals surface area contributed by atoms with E-state index in [2.05, 4.69) is 18.7 Å². The predicted octanol–water partition coefficient (Wildman–Crippen LogP) is 3.57. The van der Waals surface area contributed by atoms with Crippen LogP contribution in [0, 0.1) is 18.8 Å². The van der Waals surface area contributed by atoms with E-state index in [4.69, 9.17) is 0 Å². The summed E-state index contributed by atoms with van der Waals surface area (Å²) in [6, 6.07) is 5.72. The van der Waals surface area contributed by atoms with Crippen molar-refractivity contribution < 1.29 is 9.90 Å². The number of aryl methyl sites for hydroxylation is 1. The fourth-order valence-electron chi connectivity index (χ4n) is 2.90. The molecule has 0 atom stereocenters. The van der Waals surface area contributed by atoms with Crippen molar-refractivity contribution in [2.24, 2.45) is 11.8 Å². The highest BCUT2D eigenvalue weighted by Gasteiger charge is 2.24. The van der Waals surface area contributed by atoms with E-state index in [1.165, 1.54) is 0 Å². The zero-order chi connectivity index (χ0) is 14.0. The van der Waals surface area contributed by atoms with Gasteiger partial charge in [-0.05, 0) is 43.7 Å². The quantitative estimate of drug-likeness (QED) is 0.904. The average molecular weight is 261 g/mol. The molecular weight excluding hydrogens is 238 g/mol. The molecule has 0 bridgehead atoms. The van der Waals surface area contributed by atoms with Crippen molar-refractivity contribution in [3.8, 4) is 0 Å². The van der Waals surface area contributed by atoms with Gasteiger partial charge >= 0.3 is 5.97 Å². The van der Waals surface area contributed by atoms with Crippen LogP contribution >= 0.6 is 0 Å². The minimum atomic E-state index is -0.829. The van der Waals surface area contributed by atoms with Crippen molar-refractivity contribution in [3.05, 3.63) is 29.3 Å². The first-order valence-electron chi connectivity index (χ1n) is 7.08. The van der Waals surface area contributed by atoms with Crippen molar-refractivity contribution in [1.82, 2.24) is 0 Å². The summed E-state index contributed by atoms with van der Waals surface area (Å²) < 4.78 is 0. The minimum Gasteiger partial charge on any atom is -0.478 e. The summed E-state index contributed by atoms with van der Waals surface area (Å²) in [4.78, 5) is 13.6. The molecule has 0 aromatic heterocycles. The SMILES string of the molecule is Cc1ccc(N2CCC(C(C)C)CC2)c(C(=O)O)c1. The Balaban J connectivity index is 2.17. The van der Waals surface area contributed by atoms with E-state index in [-0.39, 0.29) is 0 Å². The summed E-state index contributed by atoms with van der Waals surface area (Å²) in [5.41, 5.74) is 2.31. The Kier molecular flexibility index (Phi) is 4.13. The number of carboxylic acid groups (broad SMARTS) is 1. The number of piperidine rings is 1. The smallest absolute Gasteiger partial charge is 0.337 e. The summed E-state index contributed by atoms with van der Waals surface area (Å²) >= 11 is 0. The van der Waals surface area contributed by atoms with Gasteiger partial charge in [0.1, 0.15) is 0 Å². The first-order valence-corrected chi connectivity index (χ1v) is 7.08. The van der Waals surface area contributed by atoms with Gasteiger partial charge in [-0.1, -0.05) is 25.5 Å². The first kappa shape index (κ1) is 13.9. The first-order chi connectivity index (χ1) is 8.99. The number of hydrogen-bond donors (Lipinski definition) is 1. The zero-order valence-corrected chi connectivity index (χ0v) is 12.0. The lowest BCUT2D eigenvalue weighted by Crippen LogP contribution is -2.36. The monoisotopic (exact) mass is 261 g/mol. The average Bonchev–Trinajstić information content (AvgIpc) is 2.38. The van der Waals surface area contributed by atoms with E-state index in [0.717, 1.165) is 49.0 Å². The van der Waals surface area contributed by atoms with E-state index in [9.17, 15) is 9.90 Å². The van der Waals surface area contributed by atoms with Crippen LogP contribution in [0.4, 0.5) is 5.69 Å². The summed E-state index contributed by atoms with van der Waals surface area (Å²) in [6.07, 6.45) is 2.31.